The van der Waals surface area contributed by atoms with Gasteiger partial charge in [-0.05, 0) is 19.1 Å². The van der Waals surface area contributed by atoms with Crippen molar-refractivity contribution in [1.82, 2.24) is 15.0 Å². The molecule has 3 nitrogen and oxygen atoms in total. The van der Waals surface area contributed by atoms with Gasteiger partial charge < -0.3 is 0 Å². The molecule has 0 saturated carbocycles. The average molecular weight is 235 g/mol. The predicted molar refractivity (Wildman–Crippen MR) is 71.5 cm³/mol. The molecule has 0 bridgehead atoms. The fourth-order valence-electron chi connectivity index (χ4n) is 1.81. The highest BCUT2D eigenvalue weighted by atomic mass is 15.5. The zero-order valence-corrected chi connectivity index (χ0v) is 10.1. The maximum absolute atomic E-state index is 4.49. The largest absolute Gasteiger partial charge is 0.156 e. The third kappa shape index (κ3) is 2.02. The van der Waals surface area contributed by atoms with Gasteiger partial charge in [-0.3, -0.25) is 0 Å². The maximum atomic E-state index is 4.49. The number of aryl methyl sites for hydroxylation is 1. The van der Waals surface area contributed by atoms with E-state index in [0.717, 1.165) is 16.9 Å². The first-order chi connectivity index (χ1) is 8.83. The summed E-state index contributed by atoms with van der Waals surface area (Å²) in [5.74, 6) is 0. The first kappa shape index (κ1) is 10.7. The van der Waals surface area contributed by atoms with Crippen molar-refractivity contribution in [2.75, 3.05) is 0 Å². The van der Waals surface area contributed by atoms with Crippen molar-refractivity contribution in [3.63, 3.8) is 0 Å². The van der Waals surface area contributed by atoms with Crippen LogP contribution in [-0.4, -0.2) is 15.0 Å². The first-order valence-electron chi connectivity index (χ1n) is 5.88. The van der Waals surface area contributed by atoms with Gasteiger partial charge in [0.15, 0.2) is 0 Å². The second kappa shape index (κ2) is 4.45. The lowest BCUT2D eigenvalue weighted by molar-refractivity contribution is 0.754. The fourth-order valence-corrected chi connectivity index (χ4v) is 1.81. The van der Waals surface area contributed by atoms with E-state index in [2.05, 4.69) is 41.4 Å². The summed E-state index contributed by atoms with van der Waals surface area (Å²) in [4.78, 5) is 1.65. The van der Waals surface area contributed by atoms with Crippen LogP contribution in [0.3, 0.4) is 0 Å². The van der Waals surface area contributed by atoms with E-state index in [1.807, 2.05) is 30.3 Å². The van der Waals surface area contributed by atoms with Crippen LogP contribution < -0.4 is 0 Å². The summed E-state index contributed by atoms with van der Waals surface area (Å²) >= 11 is 0. The van der Waals surface area contributed by atoms with Crippen LogP contribution in [0.1, 0.15) is 5.56 Å². The summed E-state index contributed by atoms with van der Waals surface area (Å²) in [6.45, 7) is 2.07. The molecule has 2 aromatic carbocycles. The molecule has 3 aromatic rings. The molecule has 0 spiro atoms. The summed E-state index contributed by atoms with van der Waals surface area (Å²) in [5, 5.41) is 8.78. The monoisotopic (exact) mass is 235 g/mol. The van der Waals surface area contributed by atoms with E-state index < -0.39 is 0 Å². The van der Waals surface area contributed by atoms with Gasteiger partial charge in [-0.2, -0.15) is 9.90 Å². The van der Waals surface area contributed by atoms with Crippen LogP contribution in [0.25, 0.3) is 16.9 Å². The zero-order chi connectivity index (χ0) is 12.4. The van der Waals surface area contributed by atoms with Crippen LogP contribution in [0, 0.1) is 6.92 Å². The minimum absolute atomic E-state index is 0.888. The first-order valence-corrected chi connectivity index (χ1v) is 5.88. The minimum atomic E-state index is 0.888. The number of nitrogens with zero attached hydrogens (tertiary/aromatic N) is 3. The maximum Gasteiger partial charge on any atom is 0.113 e. The van der Waals surface area contributed by atoms with E-state index in [1.54, 1.807) is 11.0 Å². The van der Waals surface area contributed by atoms with Crippen LogP contribution in [0.4, 0.5) is 0 Å². The van der Waals surface area contributed by atoms with Crippen molar-refractivity contribution >= 4 is 0 Å². The topological polar surface area (TPSA) is 30.7 Å². The number of benzene rings is 2. The summed E-state index contributed by atoms with van der Waals surface area (Å²) < 4.78 is 0. The Kier molecular flexibility index (Phi) is 2.65. The molecule has 3 rings (SSSR count). The Morgan fingerprint density at radius 3 is 2.33 bits per heavy atom. The molecule has 0 radical (unpaired) electrons. The Morgan fingerprint density at radius 1 is 0.889 bits per heavy atom. The Bertz CT molecular complexity index is 639. The molecule has 0 aliphatic rings. The predicted octanol–water partition coefficient (Wildman–Crippen LogP) is 3.24. The van der Waals surface area contributed by atoms with Crippen molar-refractivity contribution in [2.24, 2.45) is 0 Å². The highest BCUT2D eigenvalue weighted by Gasteiger charge is 2.04. The van der Waals surface area contributed by atoms with Crippen LogP contribution in [-0.2, 0) is 0 Å². The van der Waals surface area contributed by atoms with Crippen molar-refractivity contribution in [3.8, 4) is 16.9 Å². The number of hydrogen-bond donors (Lipinski definition) is 0. The van der Waals surface area contributed by atoms with E-state index in [4.69, 9.17) is 0 Å². The van der Waals surface area contributed by atoms with E-state index in [0.29, 0.717) is 0 Å². The van der Waals surface area contributed by atoms with Gasteiger partial charge in [-0.15, -0.1) is 5.10 Å². The number of hydrogen-bond acceptors (Lipinski definition) is 2. The van der Waals surface area contributed by atoms with Crippen LogP contribution in [0.5, 0.6) is 0 Å². The summed E-state index contributed by atoms with van der Waals surface area (Å²) in [7, 11) is 0. The summed E-state index contributed by atoms with van der Waals surface area (Å²) in [6.07, 6.45) is 1.79. The van der Waals surface area contributed by atoms with E-state index in [-0.39, 0.29) is 0 Å². The average Bonchev–Trinajstić information content (AvgIpc) is 2.90. The zero-order valence-electron chi connectivity index (χ0n) is 10.1. The molecule has 18 heavy (non-hydrogen) atoms. The Morgan fingerprint density at radius 2 is 1.61 bits per heavy atom. The van der Waals surface area contributed by atoms with Crippen molar-refractivity contribution in [1.29, 1.82) is 0 Å². The van der Waals surface area contributed by atoms with E-state index in [1.165, 1.54) is 5.56 Å². The molecule has 0 aliphatic heterocycles. The third-order valence-corrected chi connectivity index (χ3v) is 2.83. The van der Waals surface area contributed by atoms with Gasteiger partial charge in [0, 0.05) is 5.56 Å². The number of rotatable bonds is 2. The van der Waals surface area contributed by atoms with Crippen LogP contribution in [0.15, 0.2) is 60.8 Å². The van der Waals surface area contributed by atoms with Crippen molar-refractivity contribution < 1.29 is 0 Å². The standard InChI is InChI=1S/C15H13N3/c1-12-7-9-13(10-8-12)15-11-16-18(17-15)14-5-3-2-4-6-14/h2-11H,1H3. The van der Waals surface area contributed by atoms with Crippen molar-refractivity contribution in [2.45, 2.75) is 6.92 Å². The molecular weight excluding hydrogens is 222 g/mol. The molecule has 88 valence electrons. The molecule has 0 unspecified atom stereocenters. The Balaban J connectivity index is 1.97. The molecule has 0 saturated heterocycles. The van der Waals surface area contributed by atoms with Gasteiger partial charge in [0.1, 0.15) is 5.69 Å². The lowest BCUT2D eigenvalue weighted by atomic mass is 10.1. The minimum Gasteiger partial charge on any atom is -0.156 e. The lowest BCUT2D eigenvalue weighted by Crippen LogP contribution is -1.97. The van der Waals surface area contributed by atoms with E-state index >= 15 is 0 Å². The normalized spacial score (nSPS) is 10.5. The quantitative estimate of drug-likeness (QED) is 0.682. The molecule has 0 amide bonds. The second-order valence-corrected chi connectivity index (χ2v) is 4.22. The van der Waals surface area contributed by atoms with Crippen LogP contribution in [0.2, 0.25) is 0 Å². The SMILES string of the molecule is Cc1ccc(-c2cnn(-c3ccccc3)n2)cc1. The third-order valence-electron chi connectivity index (χ3n) is 2.83. The molecule has 0 N–H and O–H groups in total. The molecule has 0 aliphatic carbocycles. The van der Waals surface area contributed by atoms with Gasteiger partial charge in [0.2, 0.25) is 0 Å². The lowest BCUT2D eigenvalue weighted by Gasteiger charge is -1.98. The van der Waals surface area contributed by atoms with E-state index in [9.17, 15) is 0 Å². The number of para-hydroxylation sites is 1. The molecule has 0 atom stereocenters. The van der Waals surface area contributed by atoms with Gasteiger partial charge >= 0.3 is 0 Å². The van der Waals surface area contributed by atoms with Gasteiger partial charge in [-0.25, -0.2) is 0 Å². The Labute approximate surface area is 106 Å². The molecule has 1 heterocycles. The van der Waals surface area contributed by atoms with Crippen molar-refractivity contribution in [3.05, 3.63) is 66.4 Å². The highest BCUT2D eigenvalue weighted by Crippen LogP contribution is 2.17. The van der Waals surface area contributed by atoms with Gasteiger partial charge in [-0.1, -0.05) is 48.0 Å². The Hall–Kier alpha value is -2.42. The molecular formula is C15H13N3. The molecule has 1 aromatic heterocycles. The second-order valence-electron chi connectivity index (χ2n) is 4.22. The van der Waals surface area contributed by atoms with Gasteiger partial charge in [0.05, 0.1) is 11.9 Å². The fraction of sp³-hybridized carbons (Fsp3) is 0.0667. The summed E-state index contributed by atoms with van der Waals surface area (Å²) in [5.41, 5.74) is 4.19. The highest BCUT2D eigenvalue weighted by molar-refractivity contribution is 5.58. The van der Waals surface area contributed by atoms with Crippen LogP contribution >= 0.6 is 0 Å². The summed E-state index contributed by atoms with van der Waals surface area (Å²) in [6, 6.07) is 18.2. The number of aromatic nitrogens is 3. The van der Waals surface area contributed by atoms with Gasteiger partial charge in [0.25, 0.3) is 0 Å². The molecule has 3 heteroatoms. The smallest absolute Gasteiger partial charge is 0.113 e. The molecule has 0 fully saturated rings.